The Hall–Kier alpha value is -7.69. The van der Waals surface area contributed by atoms with E-state index in [2.05, 4.69) is 236 Å². The smallest absolute Gasteiger partial charge is 0.256 e. The minimum atomic E-state index is -0.170. The zero-order valence-electron chi connectivity index (χ0n) is 47.0. The fraction of sp³-hybridized carbons (Fsp3) is 0.250. The van der Waals surface area contributed by atoms with Crippen LogP contribution in [0.25, 0.3) is 49.7 Å². The van der Waals surface area contributed by atoms with Crippen molar-refractivity contribution in [3.8, 4) is 50.9 Å². The first-order valence-corrected chi connectivity index (χ1v) is 29.1. The first-order valence-electron chi connectivity index (χ1n) is 29.1. The zero-order chi connectivity index (χ0) is 53.4. The number of rotatable bonds is 11. The van der Waals surface area contributed by atoms with Crippen molar-refractivity contribution in [2.45, 2.75) is 119 Å². The van der Waals surface area contributed by atoms with Gasteiger partial charge in [0.15, 0.2) is 0 Å². The molecule has 0 saturated heterocycles. The van der Waals surface area contributed by atoms with Gasteiger partial charge in [0, 0.05) is 38.6 Å². The van der Waals surface area contributed by atoms with Crippen LogP contribution in [0, 0.1) is 13.8 Å². The van der Waals surface area contributed by atoms with Gasteiger partial charge in [0.25, 0.3) is 13.4 Å². The molecule has 0 amide bonds. The van der Waals surface area contributed by atoms with Crippen molar-refractivity contribution in [2.24, 2.45) is 0 Å². The molecule has 0 spiro atoms. The van der Waals surface area contributed by atoms with Crippen LogP contribution in [0.4, 0.5) is 17.1 Å². The molecule has 0 radical (unpaired) electrons. The van der Waals surface area contributed by atoms with Crippen molar-refractivity contribution in [3.63, 3.8) is 0 Å². The molecular weight excluding hydrogens is 946 g/mol. The van der Waals surface area contributed by atoms with Crippen molar-refractivity contribution in [1.82, 2.24) is 4.57 Å². The summed E-state index contributed by atoms with van der Waals surface area (Å²) >= 11 is 0. The Morgan fingerprint density at radius 3 is 1.46 bits per heavy atom. The Labute approximate surface area is 462 Å². The molecule has 4 atom stereocenters. The molecule has 78 heavy (non-hydrogen) atoms. The topological polar surface area (TPSA) is 26.6 Å². The highest BCUT2D eigenvalue weighted by atomic mass is 16.5. The third-order valence-electron chi connectivity index (χ3n) is 19.0. The van der Waals surface area contributed by atoms with Gasteiger partial charge in [-0.1, -0.05) is 176 Å². The van der Waals surface area contributed by atoms with Crippen LogP contribution in [-0.2, 0) is 0 Å². The third-order valence-corrected chi connectivity index (χ3v) is 19.0. The average molecular weight is 1010 g/mol. The van der Waals surface area contributed by atoms with Gasteiger partial charge in [-0.15, -0.1) is 0 Å². The molecule has 4 aliphatic heterocycles. The fourth-order valence-corrected chi connectivity index (χ4v) is 13.5. The van der Waals surface area contributed by atoms with Crippen LogP contribution in [0.5, 0.6) is 23.0 Å². The summed E-state index contributed by atoms with van der Waals surface area (Å²) in [5.41, 5.74) is 26.9. The minimum absolute atomic E-state index is 0.167. The number of hydrogen-bond acceptors (Lipinski definition) is 3. The first-order chi connectivity index (χ1) is 38.0. The van der Waals surface area contributed by atoms with Gasteiger partial charge >= 0.3 is 0 Å². The quantitative estimate of drug-likeness (QED) is 0.121. The summed E-state index contributed by atoms with van der Waals surface area (Å²) in [4.78, 5) is 2.55. The van der Waals surface area contributed by atoms with Crippen LogP contribution < -0.4 is 47.2 Å². The monoisotopic (exact) mass is 1010 g/mol. The molecule has 10 aromatic rings. The Balaban J connectivity index is 1.16. The maximum absolute atomic E-state index is 7.88. The number of aryl methyl sites for hydroxylation is 2. The van der Waals surface area contributed by atoms with E-state index in [0.29, 0.717) is 23.7 Å². The number of aromatic nitrogens is 1. The standard InChI is InChI=1S/C72H68B2N2O2/c1-11-43(7)47-23-29-55(30-24-47)75-63-32-26-51(45(9)13-3)37-58(63)73-59-38-52(48-19-15-41(5)16-20-48)27-33-64(59)78-72-66(73)69(75)71-67-70(72)76-62-31-25-50(44(8)12-2)35-56(62)57-36-54(46(10)14-4)40-61(68(57)76)74(67)60-39-53(28-34-65(60)77-71)49-21-17-42(6)18-22-49/h15-40,43-46H,11-14H2,1-10H3. The molecule has 14 rings (SSSR count). The van der Waals surface area contributed by atoms with E-state index >= 15 is 0 Å². The molecule has 1 aromatic heterocycles. The van der Waals surface area contributed by atoms with Gasteiger partial charge in [-0.25, -0.2) is 0 Å². The van der Waals surface area contributed by atoms with Crippen LogP contribution >= 0.6 is 0 Å². The van der Waals surface area contributed by atoms with E-state index in [0.717, 1.165) is 76.7 Å². The first kappa shape index (κ1) is 48.7. The molecule has 0 saturated carbocycles. The van der Waals surface area contributed by atoms with E-state index in [-0.39, 0.29) is 13.4 Å². The minimum Gasteiger partial charge on any atom is -0.456 e. The van der Waals surface area contributed by atoms with Gasteiger partial charge in [0.05, 0.1) is 16.9 Å². The second kappa shape index (κ2) is 18.5. The molecule has 0 aliphatic carbocycles. The summed E-state index contributed by atoms with van der Waals surface area (Å²) in [5, 5.41) is 2.60. The summed E-state index contributed by atoms with van der Waals surface area (Å²) in [6.07, 6.45) is 4.25. The van der Waals surface area contributed by atoms with Crippen LogP contribution in [0.2, 0.25) is 0 Å². The lowest BCUT2D eigenvalue weighted by molar-refractivity contribution is 0.475. The number of anilines is 3. The fourth-order valence-electron chi connectivity index (χ4n) is 13.5. The Morgan fingerprint density at radius 1 is 0.410 bits per heavy atom. The SMILES string of the molecule is CCC(C)c1ccc(N2c3ccc(C(C)CC)cc3B3c4cc(-c5ccc(C)cc5)ccc4Oc4c3c2c2c3c4-n4c5ccc(C(C)CC)cc5c5cc(C(C)CC)cc(c54)B3c3cc(-c4ccc(C)cc4)ccc3O2)cc1. The van der Waals surface area contributed by atoms with Crippen molar-refractivity contribution in [1.29, 1.82) is 0 Å². The zero-order valence-corrected chi connectivity index (χ0v) is 47.0. The molecule has 4 aliphatic rings. The van der Waals surface area contributed by atoms with E-state index in [9.17, 15) is 0 Å². The second-order valence-corrected chi connectivity index (χ2v) is 23.6. The highest BCUT2D eigenvalue weighted by molar-refractivity contribution is 7.02. The van der Waals surface area contributed by atoms with E-state index in [4.69, 9.17) is 9.47 Å². The third kappa shape index (κ3) is 7.27. The summed E-state index contributed by atoms with van der Waals surface area (Å²) < 4.78 is 18.4. The van der Waals surface area contributed by atoms with Gasteiger partial charge in [-0.2, -0.15) is 0 Å². The number of fused-ring (bicyclic) bond motifs is 13. The molecule has 6 heteroatoms. The van der Waals surface area contributed by atoms with Crippen LogP contribution in [-0.4, -0.2) is 18.0 Å². The summed E-state index contributed by atoms with van der Waals surface area (Å²) in [7, 11) is 0. The highest BCUT2D eigenvalue weighted by Gasteiger charge is 2.51. The van der Waals surface area contributed by atoms with E-state index < -0.39 is 0 Å². The molecule has 0 fully saturated rings. The molecule has 0 N–H and O–H groups in total. The van der Waals surface area contributed by atoms with Gasteiger partial charge < -0.3 is 18.9 Å². The maximum Gasteiger partial charge on any atom is 0.256 e. The summed E-state index contributed by atoms with van der Waals surface area (Å²) in [6, 6.07) is 61.1. The van der Waals surface area contributed by atoms with Gasteiger partial charge in [-0.3, -0.25) is 0 Å². The molecular formula is C72H68B2N2O2. The number of nitrogens with zero attached hydrogens (tertiary/aromatic N) is 2. The van der Waals surface area contributed by atoms with Crippen molar-refractivity contribution in [3.05, 3.63) is 191 Å². The van der Waals surface area contributed by atoms with Crippen LogP contribution in [0.1, 0.15) is 138 Å². The van der Waals surface area contributed by atoms with E-state index in [1.165, 1.54) is 105 Å². The Bertz CT molecular complexity index is 4080. The predicted octanol–water partition coefficient (Wildman–Crippen LogP) is 16.1. The maximum atomic E-state index is 7.88. The Kier molecular flexibility index (Phi) is 11.5. The number of ether oxygens (including phenoxy) is 2. The Morgan fingerprint density at radius 2 is 0.872 bits per heavy atom. The van der Waals surface area contributed by atoms with Gasteiger partial charge in [0.1, 0.15) is 23.0 Å². The number of hydrogen-bond donors (Lipinski definition) is 0. The van der Waals surface area contributed by atoms with Gasteiger partial charge in [-0.05, 0) is 178 Å². The van der Waals surface area contributed by atoms with Crippen LogP contribution in [0.15, 0.2) is 158 Å². The molecule has 4 nitrogen and oxygen atoms in total. The second-order valence-electron chi connectivity index (χ2n) is 23.6. The van der Waals surface area contributed by atoms with Crippen molar-refractivity contribution in [2.75, 3.05) is 4.90 Å². The molecule has 9 aromatic carbocycles. The summed E-state index contributed by atoms with van der Waals surface area (Å²) in [5.74, 6) is 5.23. The lowest BCUT2D eigenvalue weighted by Gasteiger charge is -2.45. The predicted molar refractivity (Wildman–Crippen MR) is 333 cm³/mol. The number of benzene rings is 9. The lowest BCUT2D eigenvalue weighted by atomic mass is 9.31. The largest absolute Gasteiger partial charge is 0.456 e. The molecule has 5 heterocycles. The van der Waals surface area contributed by atoms with Crippen molar-refractivity contribution >= 4 is 85.1 Å². The van der Waals surface area contributed by atoms with Gasteiger partial charge in [0.2, 0.25) is 0 Å². The van der Waals surface area contributed by atoms with Crippen molar-refractivity contribution < 1.29 is 9.47 Å². The molecule has 384 valence electrons. The van der Waals surface area contributed by atoms with E-state index in [1.54, 1.807) is 0 Å². The highest BCUT2D eigenvalue weighted by Crippen LogP contribution is 2.52. The van der Waals surface area contributed by atoms with E-state index in [1.807, 2.05) is 0 Å². The molecule has 0 bridgehead atoms. The average Bonchev–Trinajstić information content (AvgIpc) is 2.11. The lowest BCUT2D eigenvalue weighted by Crippen LogP contribution is -2.63. The normalized spacial score (nSPS) is 14.9. The summed E-state index contributed by atoms with van der Waals surface area (Å²) in [6.45, 7) is 22.7. The van der Waals surface area contributed by atoms with Crippen LogP contribution in [0.3, 0.4) is 0 Å². The molecule has 4 unspecified atom stereocenters.